The van der Waals surface area contributed by atoms with Gasteiger partial charge in [0, 0.05) is 18.1 Å². The molecule has 0 aliphatic carbocycles. The predicted molar refractivity (Wildman–Crippen MR) is 79.6 cm³/mol. The molecule has 0 aromatic carbocycles. The number of nitrogens with one attached hydrogen (secondary N) is 2. The summed E-state index contributed by atoms with van der Waals surface area (Å²) in [5, 5.41) is 9.69. The molecule has 1 atom stereocenters. The van der Waals surface area contributed by atoms with Crippen LogP contribution in [-0.2, 0) is 0 Å². The lowest BCUT2D eigenvalue weighted by Crippen LogP contribution is -2.12. The Morgan fingerprint density at radius 2 is 2.11 bits per heavy atom. The van der Waals surface area contributed by atoms with E-state index >= 15 is 0 Å². The van der Waals surface area contributed by atoms with Crippen molar-refractivity contribution in [1.82, 2.24) is 15.0 Å². The quantitative estimate of drug-likeness (QED) is 0.813. The van der Waals surface area contributed by atoms with Gasteiger partial charge in [-0.05, 0) is 12.8 Å². The van der Waals surface area contributed by atoms with Crippen LogP contribution in [0.2, 0.25) is 0 Å². The summed E-state index contributed by atoms with van der Waals surface area (Å²) in [6.07, 6.45) is 7.34. The molecule has 2 rings (SSSR count). The summed E-state index contributed by atoms with van der Waals surface area (Å²) in [7, 11) is 0. The van der Waals surface area contributed by atoms with Crippen LogP contribution in [0.1, 0.15) is 37.7 Å². The van der Waals surface area contributed by atoms with Gasteiger partial charge in [-0.25, -0.2) is 9.97 Å². The average molecular weight is 277 g/mol. The number of hydrogen-bond donors (Lipinski definition) is 2. The second kappa shape index (κ2) is 7.04. The first-order valence-corrected chi connectivity index (χ1v) is 7.43. The van der Waals surface area contributed by atoms with Crippen LogP contribution in [0.25, 0.3) is 0 Å². The molecular formula is C13H19N5S. The first-order chi connectivity index (χ1) is 9.33. The van der Waals surface area contributed by atoms with Crippen LogP contribution in [0.5, 0.6) is 0 Å². The minimum atomic E-state index is 0.190. The molecule has 0 amide bonds. The zero-order valence-corrected chi connectivity index (χ0v) is 12.1. The lowest BCUT2D eigenvalue weighted by molar-refractivity contribution is 0.736. The van der Waals surface area contributed by atoms with Crippen molar-refractivity contribution in [1.29, 1.82) is 0 Å². The highest BCUT2D eigenvalue weighted by molar-refractivity contribution is 7.09. The van der Waals surface area contributed by atoms with E-state index in [0.717, 1.165) is 36.0 Å². The zero-order chi connectivity index (χ0) is 13.5. The van der Waals surface area contributed by atoms with Crippen LogP contribution in [0.3, 0.4) is 0 Å². The van der Waals surface area contributed by atoms with Gasteiger partial charge in [-0.2, -0.15) is 0 Å². The molecule has 0 fully saturated rings. The summed E-state index contributed by atoms with van der Waals surface area (Å²) in [5.74, 6) is 1.59. The maximum atomic E-state index is 4.50. The molecule has 0 spiro atoms. The third-order valence-electron chi connectivity index (χ3n) is 2.67. The summed E-state index contributed by atoms with van der Waals surface area (Å²) >= 11 is 1.66. The molecular weight excluding hydrogens is 258 g/mol. The van der Waals surface area contributed by atoms with E-state index in [2.05, 4.69) is 39.4 Å². The van der Waals surface area contributed by atoms with Crippen LogP contribution in [0.15, 0.2) is 24.0 Å². The van der Waals surface area contributed by atoms with Crippen LogP contribution < -0.4 is 10.6 Å². The summed E-state index contributed by atoms with van der Waals surface area (Å²) < 4.78 is 0. The Morgan fingerprint density at radius 1 is 1.26 bits per heavy atom. The van der Waals surface area contributed by atoms with E-state index in [-0.39, 0.29) is 6.04 Å². The first-order valence-electron chi connectivity index (χ1n) is 6.55. The zero-order valence-electron chi connectivity index (χ0n) is 11.3. The summed E-state index contributed by atoms with van der Waals surface area (Å²) in [5.41, 5.74) is 0. The van der Waals surface area contributed by atoms with Gasteiger partial charge < -0.3 is 10.6 Å². The molecule has 0 saturated heterocycles. The minimum Gasteiger partial charge on any atom is -0.369 e. The lowest BCUT2D eigenvalue weighted by atomic mass is 10.2. The second-order valence-corrected chi connectivity index (χ2v) is 5.12. The van der Waals surface area contributed by atoms with Gasteiger partial charge in [-0.1, -0.05) is 13.8 Å². The summed E-state index contributed by atoms with van der Waals surface area (Å²) in [6.45, 7) is 5.16. The normalized spacial score (nSPS) is 12.1. The maximum Gasteiger partial charge on any atom is 0.147 e. The molecule has 0 aliphatic rings. The topological polar surface area (TPSA) is 62.7 Å². The predicted octanol–water partition coefficient (Wildman–Crippen LogP) is 3.32. The number of hydrogen-bond acceptors (Lipinski definition) is 6. The van der Waals surface area contributed by atoms with Crippen molar-refractivity contribution in [3.63, 3.8) is 0 Å². The molecule has 0 radical (unpaired) electrons. The summed E-state index contributed by atoms with van der Waals surface area (Å²) in [4.78, 5) is 13.0. The maximum absolute atomic E-state index is 4.50. The number of rotatable bonds is 7. The number of anilines is 2. The third kappa shape index (κ3) is 3.89. The minimum absolute atomic E-state index is 0.190. The van der Waals surface area contributed by atoms with E-state index in [4.69, 9.17) is 0 Å². The van der Waals surface area contributed by atoms with Crippen LogP contribution in [-0.4, -0.2) is 21.5 Å². The van der Waals surface area contributed by atoms with Gasteiger partial charge in [0.2, 0.25) is 0 Å². The molecule has 2 heterocycles. The largest absolute Gasteiger partial charge is 0.369 e. The monoisotopic (exact) mass is 277 g/mol. The van der Waals surface area contributed by atoms with Crippen molar-refractivity contribution >= 4 is 23.0 Å². The molecule has 0 bridgehead atoms. The molecule has 19 heavy (non-hydrogen) atoms. The Bertz CT molecular complexity index is 486. The molecule has 102 valence electrons. The van der Waals surface area contributed by atoms with Gasteiger partial charge >= 0.3 is 0 Å². The van der Waals surface area contributed by atoms with E-state index < -0.39 is 0 Å². The third-order valence-corrected chi connectivity index (χ3v) is 3.56. The highest BCUT2D eigenvalue weighted by Crippen LogP contribution is 2.23. The lowest BCUT2D eigenvalue weighted by Gasteiger charge is -2.15. The van der Waals surface area contributed by atoms with Gasteiger partial charge in [0.15, 0.2) is 0 Å². The first kappa shape index (κ1) is 13.7. The van der Waals surface area contributed by atoms with Crippen molar-refractivity contribution < 1.29 is 0 Å². The Morgan fingerprint density at radius 3 is 2.79 bits per heavy atom. The molecule has 2 aromatic rings. The molecule has 2 aromatic heterocycles. The smallest absolute Gasteiger partial charge is 0.147 e. The fourth-order valence-corrected chi connectivity index (χ4v) is 2.47. The molecule has 0 aliphatic heterocycles. The van der Waals surface area contributed by atoms with E-state index in [0.29, 0.717) is 0 Å². The van der Waals surface area contributed by atoms with Crippen molar-refractivity contribution in [3.8, 4) is 0 Å². The fraction of sp³-hybridized carbons (Fsp3) is 0.462. The Hall–Kier alpha value is -1.69. The van der Waals surface area contributed by atoms with Gasteiger partial charge in [0.25, 0.3) is 0 Å². The molecule has 6 heteroatoms. The van der Waals surface area contributed by atoms with E-state index in [9.17, 15) is 0 Å². The van der Waals surface area contributed by atoms with Crippen LogP contribution >= 0.6 is 11.3 Å². The SMILES string of the molecule is CCCNc1cncc(NC(CC)c2nccs2)n1. The van der Waals surface area contributed by atoms with Crippen molar-refractivity contribution in [3.05, 3.63) is 29.0 Å². The summed E-state index contributed by atoms with van der Waals surface area (Å²) in [6, 6.07) is 0.190. The van der Waals surface area contributed by atoms with Gasteiger partial charge in [-0.15, -0.1) is 11.3 Å². The van der Waals surface area contributed by atoms with Crippen LogP contribution in [0.4, 0.5) is 11.6 Å². The second-order valence-electron chi connectivity index (χ2n) is 4.19. The van der Waals surface area contributed by atoms with Gasteiger partial charge in [0.1, 0.15) is 16.6 Å². The Labute approximate surface area is 117 Å². The molecule has 2 N–H and O–H groups in total. The van der Waals surface area contributed by atoms with E-state index in [1.165, 1.54) is 0 Å². The number of nitrogens with zero attached hydrogens (tertiary/aromatic N) is 3. The van der Waals surface area contributed by atoms with Gasteiger partial charge in [-0.3, -0.25) is 4.98 Å². The molecule has 1 unspecified atom stereocenters. The van der Waals surface area contributed by atoms with E-state index in [1.807, 2.05) is 11.6 Å². The van der Waals surface area contributed by atoms with E-state index in [1.54, 1.807) is 23.7 Å². The highest BCUT2D eigenvalue weighted by Gasteiger charge is 2.12. The van der Waals surface area contributed by atoms with Gasteiger partial charge in [0.05, 0.1) is 18.4 Å². The van der Waals surface area contributed by atoms with Crippen molar-refractivity contribution in [2.75, 3.05) is 17.2 Å². The Kier molecular flexibility index (Phi) is 5.09. The number of thiazole rings is 1. The van der Waals surface area contributed by atoms with Crippen LogP contribution in [0, 0.1) is 0 Å². The van der Waals surface area contributed by atoms with Crippen molar-refractivity contribution in [2.24, 2.45) is 0 Å². The molecule has 0 saturated carbocycles. The van der Waals surface area contributed by atoms with Crippen molar-refractivity contribution in [2.45, 2.75) is 32.7 Å². The average Bonchev–Trinajstić information content (AvgIpc) is 2.97. The standard InChI is InChI=1S/C13H19N5S/c1-3-5-15-11-8-14-9-12(18-11)17-10(4-2)13-16-6-7-19-13/h6-10H,3-5H2,1-2H3,(H2,15,17,18). The Balaban J connectivity index is 2.05. The fourth-order valence-electron chi connectivity index (χ4n) is 1.70. The number of aromatic nitrogens is 3. The highest BCUT2D eigenvalue weighted by atomic mass is 32.1. The molecule has 5 nitrogen and oxygen atoms in total.